The maximum atomic E-state index is 13.4. The van der Waals surface area contributed by atoms with E-state index in [1.165, 1.54) is 26.7 Å². The maximum absolute atomic E-state index is 13.4. The molecule has 2 aromatic carbocycles. The first kappa shape index (κ1) is 19.0. The fraction of sp³-hybridized carbons (Fsp3) is 0.167. The first-order valence-electron chi connectivity index (χ1n) is 10.2. The minimum atomic E-state index is -0.245. The number of para-hydroxylation sites is 1. The Morgan fingerprint density at radius 2 is 1.71 bits per heavy atom. The third kappa shape index (κ3) is 3.34. The summed E-state index contributed by atoms with van der Waals surface area (Å²) in [6.07, 6.45) is 4.28. The molecule has 7 heteroatoms. The molecule has 0 spiro atoms. The highest BCUT2D eigenvalue weighted by atomic mass is 16.2. The van der Waals surface area contributed by atoms with E-state index >= 15 is 0 Å². The molecule has 1 aliphatic heterocycles. The fourth-order valence-electron chi connectivity index (χ4n) is 3.91. The number of benzene rings is 2. The van der Waals surface area contributed by atoms with Gasteiger partial charge in [0, 0.05) is 20.1 Å². The number of rotatable bonds is 3. The van der Waals surface area contributed by atoms with Crippen LogP contribution in [0.15, 0.2) is 77.9 Å². The van der Waals surface area contributed by atoms with Gasteiger partial charge < -0.3 is 9.47 Å². The number of hydrogen-bond donors (Lipinski definition) is 0. The Morgan fingerprint density at radius 1 is 1.00 bits per heavy atom. The van der Waals surface area contributed by atoms with Crippen molar-refractivity contribution in [2.24, 2.45) is 7.05 Å². The van der Waals surface area contributed by atoms with Crippen molar-refractivity contribution in [3.63, 3.8) is 0 Å². The van der Waals surface area contributed by atoms with Gasteiger partial charge in [-0.3, -0.25) is 9.59 Å². The largest absolute Gasteiger partial charge is 0.333 e. The standard InChI is InChI=1S/C24H21N5O2/c1-27-16-25-20-21(26-29(22(20)24(27)31)19-10-6-3-7-11-19)23(30)28-14-12-18(13-15-28)17-8-4-2-5-9-17/h2-12,16H,13-15H2,1H3. The van der Waals surface area contributed by atoms with E-state index in [2.05, 4.69) is 28.3 Å². The molecule has 3 heterocycles. The Labute approximate surface area is 178 Å². The molecule has 0 saturated carbocycles. The lowest BCUT2D eigenvalue weighted by Gasteiger charge is -2.26. The molecule has 0 bridgehead atoms. The van der Waals surface area contributed by atoms with Crippen LogP contribution in [0, 0.1) is 0 Å². The number of fused-ring (bicyclic) bond motifs is 1. The molecule has 0 atom stereocenters. The smallest absolute Gasteiger partial charge is 0.279 e. The summed E-state index contributed by atoms with van der Waals surface area (Å²) in [5.41, 5.74) is 3.71. The van der Waals surface area contributed by atoms with Crippen molar-refractivity contribution in [3.8, 4) is 5.69 Å². The molecule has 1 aliphatic rings. The summed E-state index contributed by atoms with van der Waals surface area (Å²) in [4.78, 5) is 32.4. The summed E-state index contributed by atoms with van der Waals surface area (Å²) in [7, 11) is 1.64. The molecule has 7 nitrogen and oxygen atoms in total. The second kappa shape index (κ2) is 7.68. The molecule has 154 valence electrons. The Kier molecular flexibility index (Phi) is 4.71. The predicted molar refractivity (Wildman–Crippen MR) is 119 cm³/mol. The maximum Gasteiger partial charge on any atom is 0.279 e. The van der Waals surface area contributed by atoms with E-state index in [-0.39, 0.29) is 17.2 Å². The highest BCUT2D eigenvalue weighted by molar-refractivity contribution is 6.03. The van der Waals surface area contributed by atoms with Gasteiger partial charge in [0.1, 0.15) is 5.52 Å². The summed E-state index contributed by atoms with van der Waals surface area (Å²) < 4.78 is 2.92. The molecular weight excluding hydrogens is 390 g/mol. The number of aromatic nitrogens is 4. The van der Waals surface area contributed by atoms with Crippen LogP contribution in [0.4, 0.5) is 0 Å². The van der Waals surface area contributed by atoms with Crippen LogP contribution < -0.4 is 5.56 Å². The van der Waals surface area contributed by atoms with Crippen LogP contribution in [0.5, 0.6) is 0 Å². The molecule has 0 radical (unpaired) electrons. The van der Waals surface area contributed by atoms with Crippen LogP contribution in [0.2, 0.25) is 0 Å². The molecular formula is C24H21N5O2. The zero-order valence-electron chi connectivity index (χ0n) is 17.1. The summed E-state index contributed by atoms with van der Waals surface area (Å²) in [5, 5.41) is 4.54. The highest BCUT2D eigenvalue weighted by Crippen LogP contribution is 2.24. The summed E-state index contributed by atoms with van der Waals surface area (Å²) >= 11 is 0. The van der Waals surface area contributed by atoms with E-state index < -0.39 is 0 Å². The van der Waals surface area contributed by atoms with Gasteiger partial charge in [0.25, 0.3) is 11.5 Å². The molecule has 0 unspecified atom stereocenters. The molecule has 0 aliphatic carbocycles. The van der Waals surface area contributed by atoms with Crippen molar-refractivity contribution in [1.82, 2.24) is 24.2 Å². The lowest BCUT2D eigenvalue weighted by molar-refractivity contribution is 0.0768. The van der Waals surface area contributed by atoms with E-state index in [4.69, 9.17) is 0 Å². The Morgan fingerprint density at radius 3 is 2.39 bits per heavy atom. The molecule has 2 aromatic heterocycles. The lowest BCUT2D eigenvalue weighted by atomic mass is 9.99. The third-order valence-electron chi connectivity index (χ3n) is 5.59. The van der Waals surface area contributed by atoms with Gasteiger partial charge in [-0.1, -0.05) is 54.6 Å². The summed E-state index contributed by atoms with van der Waals surface area (Å²) in [6.45, 7) is 1.08. The van der Waals surface area contributed by atoms with Gasteiger partial charge in [-0.25, -0.2) is 9.67 Å². The van der Waals surface area contributed by atoms with Crippen LogP contribution in [0.1, 0.15) is 22.5 Å². The van der Waals surface area contributed by atoms with E-state index in [0.717, 1.165) is 6.42 Å². The SMILES string of the molecule is Cn1cnc2c(C(=O)N3CC=C(c4ccccc4)CC3)nn(-c3ccccc3)c2c1=O. The first-order chi connectivity index (χ1) is 15.1. The van der Waals surface area contributed by atoms with Crippen molar-refractivity contribution in [3.05, 3.63) is 94.7 Å². The van der Waals surface area contributed by atoms with E-state index in [0.29, 0.717) is 29.8 Å². The molecule has 1 amide bonds. The van der Waals surface area contributed by atoms with Crippen LogP contribution in [-0.2, 0) is 7.05 Å². The molecule has 5 rings (SSSR count). The third-order valence-corrected chi connectivity index (χ3v) is 5.59. The quantitative estimate of drug-likeness (QED) is 0.519. The predicted octanol–water partition coefficient (Wildman–Crippen LogP) is 3.05. The average molecular weight is 411 g/mol. The van der Waals surface area contributed by atoms with Crippen molar-refractivity contribution in [2.45, 2.75) is 6.42 Å². The monoisotopic (exact) mass is 411 g/mol. The van der Waals surface area contributed by atoms with Gasteiger partial charge in [0.15, 0.2) is 11.2 Å². The summed E-state index contributed by atoms with van der Waals surface area (Å²) in [6, 6.07) is 19.5. The molecule has 4 aromatic rings. The normalized spacial score (nSPS) is 14.0. The molecule has 0 N–H and O–H groups in total. The number of hydrogen-bond acceptors (Lipinski definition) is 4. The number of nitrogens with zero attached hydrogens (tertiary/aromatic N) is 5. The zero-order chi connectivity index (χ0) is 21.4. The zero-order valence-corrected chi connectivity index (χ0v) is 17.1. The van der Waals surface area contributed by atoms with Gasteiger partial charge in [-0.05, 0) is 29.7 Å². The van der Waals surface area contributed by atoms with E-state index in [1.807, 2.05) is 48.5 Å². The number of carbonyl (C=O) groups is 1. The van der Waals surface area contributed by atoms with Crippen LogP contribution in [-0.4, -0.2) is 43.2 Å². The number of carbonyl (C=O) groups excluding carboxylic acids is 1. The average Bonchev–Trinajstić information content (AvgIpc) is 3.22. The lowest BCUT2D eigenvalue weighted by Crippen LogP contribution is -2.35. The molecule has 0 saturated heterocycles. The van der Waals surface area contributed by atoms with Crippen LogP contribution >= 0.6 is 0 Å². The molecule has 31 heavy (non-hydrogen) atoms. The second-order valence-electron chi connectivity index (χ2n) is 7.55. The van der Waals surface area contributed by atoms with E-state index in [9.17, 15) is 9.59 Å². The highest BCUT2D eigenvalue weighted by Gasteiger charge is 2.27. The minimum Gasteiger partial charge on any atom is -0.333 e. The number of amides is 1. The summed E-state index contributed by atoms with van der Waals surface area (Å²) in [5.74, 6) is -0.219. The number of aryl methyl sites for hydroxylation is 1. The van der Waals surface area contributed by atoms with E-state index in [1.54, 1.807) is 11.9 Å². The van der Waals surface area contributed by atoms with Crippen molar-refractivity contribution in [1.29, 1.82) is 0 Å². The van der Waals surface area contributed by atoms with Gasteiger partial charge >= 0.3 is 0 Å². The van der Waals surface area contributed by atoms with Gasteiger partial charge in [0.2, 0.25) is 0 Å². The second-order valence-corrected chi connectivity index (χ2v) is 7.55. The fourth-order valence-corrected chi connectivity index (χ4v) is 3.91. The Bertz CT molecular complexity index is 1350. The van der Waals surface area contributed by atoms with Crippen molar-refractivity contribution < 1.29 is 4.79 Å². The Hall–Kier alpha value is -4.00. The minimum absolute atomic E-state index is 0.202. The first-order valence-corrected chi connectivity index (χ1v) is 10.2. The van der Waals surface area contributed by atoms with Gasteiger partial charge in [-0.2, -0.15) is 5.10 Å². The van der Waals surface area contributed by atoms with Gasteiger partial charge in [0.05, 0.1) is 12.0 Å². The molecule has 0 fully saturated rings. The topological polar surface area (TPSA) is 73.0 Å². The van der Waals surface area contributed by atoms with Crippen LogP contribution in [0.25, 0.3) is 22.3 Å². The van der Waals surface area contributed by atoms with Crippen LogP contribution in [0.3, 0.4) is 0 Å². The van der Waals surface area contributed by atoms with Gasteiger partial charge in [-0.15, -0.1) is 0 Å². The van der Waals surface area contributed by atoms with Crippen molar-refractivity contribution >= 4 is 22.5 Å². The Balaban J connectivity index is 1.54. The van der Waals surface area contributed by atoms with Crippen molar-refractivity contribution in [2.75, 3.05) is 13.1 Å².